The summed E-state index contributed by atoms with van der Waals surface area (Å²) in [7, 11) is 0. The molecule has 17 heavy (non-hydrogen) atoms. The molecule has 0 aromatic heterocycles. The third-order valence-electron chi connectivity index (χ3n) is 3.78. The zero-order valence-corrected chi connectivity index (χ0v) is 11.9. The molecule has 1 aromatic carbocycles. The lowest BCUT2D eigenvalue weighted by Crippen LogP contribution is -2.38. The van der Waals surface area contributed by atoms with E-state index < -0.39 is 0 Å². The molecule has 2 atom stereocenters. The number of anilines is 1. The summed E-state index contributed by atoms with van der Waals surface area (Å²) in [4.78, 5) is 13.1. The van der Waals surface area contributed by atoms with Gasteiger partial charge in [0.1, 0.15) is 6.29 Å². The summed E-state index contributed by atoms with van der Waals surface area (Å²) < 4.78 is 1.02. The Kier molecular flexibility index (Phi) is 3.87. The highest BCUT2D eigenvalue weighted by molar-refractivity contribution is 9.10. The van der Waals surface area contributed by atoms with Crippen molar-refractivity contribution in [2.75, 3.05) is 18.0 Å². The number of carbonyl (C=O) groups is 1. The number of hydrogen-bond donors (Lipinski definition) is 0. The molecular weight excluding hydrogens is 278 g/mol. The largest absolute Gasteiger partial charge is 0.370 e. The van der Waals surface area contributed by atoms with Gasteiger partial charge in [-0.15, -0.1) is 0 Å². The van der Waals surface area contributed by atoms with Crippen molar-refractivity contribution in [3.05, 3.63) is 28.2 Å². The van der Waals surface area contributed by atoms with Crippen LogP contribution in [0.3, 0.4) is 0 Å². The Bertz CT molecular complexity index is 419. The summed E-state index contributed by atoms with van der Waals surface area (Å²) in [6.45, 7) is 6.84. The van der Waals surface area contributed by atoms with Gasteiger partial charge in [0.05, 0.1) is 5.69 Å². The van der Waals surface area contributed by atoms with E-state index >= 15 is 0 Å². The highest BCUT2D eigenvalue weighted by Gasteiger charge is 2.23. The van der Waals surface area contributed by atoms with Gasteiger partial charge in [-0.25, -0.2) is 0 Å². The maximum Gasteiger partial charge on any atom is 0.150 e. The first-order valence-corrected chi connectivity index (χ1v) is 6.90. The molecule has 92 valence electrons. The molecule has 2 nitrogen and oxygen atoms in total. The predicted molar refractivity (Wildman–Crippen MR) is 74.7 cm³/mol. The van der Waals surface area contributed by atoms with E-state index in [4.69, 9.17) is 0 Å². The van der Waals surface area contributed by atoms with Crippen molar-refractivity contribution < 1.29 is 4.79 Å². The average molecular weight is 296 g/mol. The van der Waals surface area contributed by atoms with Gasteiger partial charge in [0, 0.05) is 23.1 Å². The van der Waals surface area contributed by atoms with Gasteiger partial charge < -0.3 is 4.90 Å². The van der Waals surface area contributed by atoms with E-state index in [2.05, 4.69) is 34.7 Å². The van der Waals surface area contributed by atoms with Gasteiger partial charge in [-0.3, -0.25) is 4.79 Å². The SMILES string of the molecule is CC1CCN(c2ccc(C=O)cc2Br)CC1C. The lowest BCUT2D eigenvalue weighted by atomic mass is 9.88. The molecule has 0 amide bonds. The Morgan fingerprint density at radius 3 is 2.71 bits per heavy atom. The van der Waals surface area contributed by atoms with E-state index in [-0.39, 0.29) is 0 Å². The number of benzene rings is 1. The van der Waals surface area contributed by atoms with Gasteiger partial charge in [0.25, 0.3) is 0 Å². The number of hydrogen-bond acceptors (Lipinski definition) is 2. The quantitative estimate of drug-likeness (QED) is 0.775. The molecule has 0 radical (unpaired) electrons. The fourth-order valence-electron chi connectivity index (χ4n) is 2.33. The minimum atomic E-state index is 0.721. The van der Waals surface area contributed by atoms with E-state index in [0.717, 1.165) is 41.2 Å². The number of carbonyl (C=O) groups excluding carboxylic acids is 1. The van der Waals surface area contributed by atoms with Crippen molar-refractivity contribution in [1.29, 1.82) is 0 Å². The molecular formula is C14H18BrNO. The maximum absolute atomic E-state index is 10.7. The van der Waals surface area contributed by atoms with Crippen molar-refractivity contribution in [2.45, 2.75) is 20.3 Å². The Balaban J connectivity index is 2.20. The fraction of sp³-hybridized carbons (Fsp3) is 0.500. The first kappa shape index (κ1) is 12.6. The first-order valence-electron chi connectivity index (χ1n) is 6.11. The van der Waals surface area contributed by atoms with E-state index in [1.807, 2.05) is 18.2 Å². The number of piperidine rings is 1. The molecule has 3 heteroatoms. The van der Waals surface area contributed by atoms with Gasteiger partial charge in [0.2, 0.25) is 0 Å². The van der Waals surface area contributed by atoms with Crippen molar-refractivity contribution in [3.63, 3.8) is 0 Å². The zero-order valence-electron chi connectivity index (χ0n) is 10.3. The van der Waals surface area contributed by atoms with Crippen molar-refractivity contribution in [2.24, 2.45) is 11.8 Å². The average Bonchev–Trinajstić information content (AvgIpc) is 2.32. The molecule has 1 fully saturated rings. The Morgan fingerprint density at radius 2 is 2.12 bits per heavy atom. The molecule has 1 aliphatic heterocycles. The second kappa shape index (κ2) is 5.21. The second-order valence-electron chi connectivity index (χ2n) is 5.02. The highest BCUT2D eigenvalue weighted by atomic mass is 79.9. The normalized spacial score (nSPS) is 24.8. The lowest BCUT2D eigenvalue weighted by Gasteiger charge is -2.37. The van der Waals surface area contributed by atoms with Crippen molar-refractivity contribution >= 4 is 27.9 Å². The summed E-state index contributed by atoms with van der Waals surface area (Å²) in [5, 5.41) is 0. The molecule has 1 aromatic rings. The van der Waals surface area contributed by atoms with E-state index in [9.17, 15) is 4.79 Å². The topological polar surface area (TPSA) is 20.3 Å². The number of halogens is 1. The van der Waals surface area contributed by atoms with Gasteiger partial charge >= 0.3 is 0 Å². The lowest BCUT2D eigenvalue weighted by molar-refractivity contribution is 0.112. The van der Waals surface area contributed by atoms with Crippen LogP contribution in [0.25, 0.3) is 0 Å². The molecule has 0 bridgehead atoms. The third-order valence-corrected chi connectivity index (χ3v) is 4.42. The van der Waals surface area contributed by atoms with Crippen LogP contribution in [0.4, 0.5) is 5.69 Å². The minimum absolute atomic E-state index is 0.721. The van der Waals surface area contributed by atoms with E-state index in [1.165, 1.54) is 12.1 Å². The molecule has 0 saturated carbocycles. The summed E-state index contributed by atoms with van der Waals surface area (Å²) in [6.07, 6.45) is 2.12. The first-order chi connectivity index (χ1) is 8.11. The van der Waals surface area contributed by atoms with Crippen LogP contribution in [0, 0.1) is 11.8 Å². The van der Waals surface area contributed by atoms with Crippen LogP contribution < -0.4 is 4.90 Å². The smallest absolute Gasteiger partial charge is 0.150 e. The van der Waals surface area contributed by atoms with Crippen molar-refractivity contribution in [1.82, 2.24) is 0 Å². The minimum Gasteiger partial charge on any atom is -0.370 e. The van der Waals surface area contributed by atoms with Crippen LogP contribution in [0.5, 0.6) is 0 Å². The number of aldehydes is 1. The van der Waals surface area contributed by atoms with Crippen LogP contribution in [-0.2, 0) is 0 Å². The monoisotopic (exact) mass is 295 g/mol. The van der Waals surface area contributed by atoms with Crippen molar-refractivity contribution in [3.8, 4) is 0 Å². The second-order valence-corrected chi connectivity index (χ2v) is 5.87. The summed E-state index contributed by atoms with van der Waals surface area (Å²) >= 11 is 3.56. The van der Waals surface area contributed by atoms with Crippen LogP contribution >= 0.6 is 15.9 Å². The Labute approximate surface area is 111 Å². The van der Waals surface area contributed by atoms with E-state index in [0.29, 0.717) is 0 Å². The van der Waals surface area contributed by atoms with Crippen LogP contribution in [-0.4, -0.2) is 19.4 Å². The van der Waals surface area contributed by atoms with Gasteiger partial charge in [-0.1, -0.05) is 13.8 Å². The molecule has 2 rings (SSSR count). The van der Waals surface area contributed by atoms with Gasteiger partial charge in [0.15, 0.2) is 0 Å². The fourth-order valence-corrected chi connectivity index (χ4v) is 2.98. The van der Waals surface area contributed by atoms with E-state index in [1.54, 1.807) is 0 Å². The molecule has 1 aliphatic rings. The summed E-state index contributed by atoms with van der Waals surface area (Å²) in [6, 6.07) is 5.82. The molecule has 0 spiro atoms. The highest BCUT2D eigenvalue weighted by Crippen LogP contribution is 2.32. The molecule has 1 heterocycles. The summed E-state index contributed by atoms with van der Waals surface area (Å²) in [5.74, 6) is 1.53. The molecule has 0 aliphatic carbocycles. The van der Waals surface area contributed by atoms with Crippen LogP contribution in [0.2, 0.25) is 0 Å². The summed E-state index contributed by atoms with van der Waals surface area (Å²) in [5.41, 5.74) is 1.92. The number of rotatable bonds is 2. The molecule has 1 saturated heterocycles. The standard InChI is InChI=1S/C14H18BrNO/c1-10-5-6-16(8-11(10)2)14-4-3-12(9-17)7-13(14)15/h3-4,7,9-11H,5-6,8H2,1-2H3. The zero-order chi connectivity index (χ0) is 12.4. The van der Waals surface area contributed by atoms with Gasteiger partial charge in [-0.05, 0) is 52.4 Å². The predicted octanol–water partition coefficient (Wildman–Crippen LogP) is 3.74. The Morgan fingerprint density at radius 1 is 1.35 bits per heavy atom. The molecule has 0 N–H and O–H groups in total. The number of nitrogens with zero attached hydrogens (tertiary/aromatic N) is 1. The maximum atomic E-state index is 10.7. The van der Waals surface area contributed by atoms with Crippen LogP contribution in [0.1, 0.15) is 30.6 Å². The molecule has 2 unspecified atom stereocenters. The van der Waals surface area contributed by atoms with Gasteiger partial charge in [-0.2, -0.15) is 0 Å². The van der Waals surface area contributed by atoms with Crippen LogP contribution in [0.15, 0.2) is 22.7 Å². The Hall–Kier alpha value is -0.830. The third kappa shape index (κ3) is 2.71.